The molecule has 0 N–H and O–H groups in total. The van der Waals surface area contributed by atoms with Crippen LogP contribution < -0.4 is 0 Å². The highest BCUT2D eigenvalue weighted by Gasteiger charge is 2.34. The lowest BCUT2D eigenvalue weighted by molar-refractivity contribution is -0.111. The number of carbonyl (C=O) groups excluding carboxylic acids is 1. The third-order valence-corrected chi connectivity index (χ3v) is 5.50. The Kier molecular flexibility index (Phi) is 4.04. The van der Waals surface area contributed by atoms with Crippen LogP contribution in [0.25, 0.3) is 0 Å². The fourth-order valence-electron chi connectivity index (χ4n) is 2.15. The van der Waals surface area contributed by atoms with E-state index in [0.717, 1.165) is 12.8 Å². The van der Waals surface area contributed by atoms with E-state index in [-0.39, 0.29) is 9.92 Å². The van der Waals surface area contributed by atoms with Crippen LogP contribution in [0.4, 0.5) is 0 Å². The summed E-state index contributed by atoms with van der Waals surface area (Å²) < 4.78 is 26.2. The molecule has 1 aromatic rings. The van der Waals surface area contributed by atoms with Crippen LogP contribution in [0.2, 0.25) is 5.02 Å². The SMILES string of the molecule is O=CC1CCCCN1S(=O)(=O)c1ccccc1Cl. The minimum Gasteiger partial charge on any atom is -0.302 e. The Balaban J connectivity index is 2.42. The maximum Gasteiger partial charge on any atom is 0.245 e. The molecule has 1 aliphatic rings. The van der Waals surface area contributed by atoms with Gasteiger partial charge in [0, 0.05) is 6.54 Å². The summed E-state index contributed by atoms with van der Waals surface area (Å²) in [4.78, 5) is 11.1. The maximum absolute atomic E-state index is 12.5. The third kappa shape index (κ3) is 2.43. The normalized spacial score (nSPS) is 21.7. The van der Waals surface area contributed by atoms with Crippen molar-refractivity contribution in [2.45, 2.75) is 30.2 Å². The smallest absolute Gasteiger partial charge is 0.245 e. The Hall–Kier alpha value is -0.910. The number of piperidine rings is 1. The van der Waals surface area contributed by atoms with Gasteiger partial charge in [0.15, 0.2) is 0 Å². The summed E-state index contributed by atoms with van der Waals surface area (Å²) in [5.41, 5.74) is 0. The quantitative estimate of drug-likeness (QED) is 0.800. The largest absolute Gasteiger partial charge is 0.302 e. The van der Waals surface area contributed by atoms with Crippen LogP contribution in [-0.4, -0.2) is 31.6 Å². The maximum atomic E-state index is 12.5. The molecule has 1 aliphatic heterocycles. The first kappa shape index (κ1) is 13.5. The van der Waals surface area contributed by atoms with Gasteiger partial charge in [0.1, 0.15) is 11.2 Å². The summed E-state index contributed by atoms with van der Waals surface area (Å²) in [6.07, 6.45) is 2.92. The summed E-state index contributed by atoms with van der Waals surface area (Å²) in [6, 6.07) is 5.73. The molecule has 4 nitrogen and oxygen atoms in total. The van der Waals surface area contributed by atoms with E-state index < -0.39 is 16.1 Å². The van der Waals surface area contributed by atoms with E-state index >= 15 is 0 Å². The molecule has 1 aromatic carbocycles. The summed E-state index contributed by atoms with van der Waals surface area (Å²) >= 11 is 5.92. The molecular weight excluding hydrogens is 274 g/mol. The molecule has 0 amide bonds. The molecule has 0 aromatic heterocycles. The number of halogens is 1. The summed E-state index contributed by atoms with van der Waals surface area (Å²) in [6.45, 7) is 0.372. The molecule has 2 rings (SSSR count). The standard InChI is InChI=1S/C12H14ClNO3S/c13-11-6-1-2-7-12(11)18(16,17)14-8-4-3-5-10(14)9-15/h1-2,6-7,9-10H,3-5,8H2. The van der Waals surface area contributed by atoms with Gasteiger partial charge in [0.05, 0.1) is 11.1 Å². The summed E-state index contributed by atoms with van der Waals surface area (Å²) in [5, 5.41) is 0.188. The van der Waals surface area contributed by atoms with Gasteiger partial charge >= 0.3 is 0 Å². The molecule has 1 unspecified atom stereocenters. The lowest BCUT2D eigenvalue weighted by atomic mass is 10.1. The van der Waals surface area contributed by atoms with Gasteiger partial charge in [-0.05, 0) is 25.0 Å². The average Bonchev–Trinajstić information content (AvgIpc) is 2.39. The lowest BCUT2D eigenvalue weighted by Gasteiger charge is -2.31. The van der Waals surface area contributed by atoms with Crippen LogP contribution >= 0.6 is 11.6 Å². The highest BCUT2D eigenvalue weighted by atomic mass is 35.5. The molecule has 0 aliphatic carbocycles. The monoisotopic (exact) mass is 287 g/mol. The number of hydrogen-bond donors (Lipinski definition) is 0. The van der Waals surface area contributed by atoms with E-state index in [0.29, 0.717) is 19.3 Å². The Labute approximate surface area is 112 Å². The number of carbonyl (C=O) groups is 1. The zero-order chi connectivity index (χ0) is 13.2. The van der Waals surface area contributed by atoms with Gasteiger partial charge in [-0.3, -0.25) is 0 Å². The van der Waals surface area contributed by atoms with Crippen molar-refractivity contribution in [3.8, 4) is 0 Å². The second-order valence-electron chi connectivity index (χ2n) is 4.25. The fourth-order valence-corrected chi connectivity index (χ4v) is 4.27. The van der Waals surface area contributed by atoms with E-state index in [1.165, 1.54) is 16.4 Å². The van der Waals surface area contributed by atoms with E-state index in [1.54, 1.807) is 12.1 Å². The van der Waals surface area contributed by atoms with Gasteiger partial charge < -0.3 is 4.79 Å². The van der Waals surface area contributed by atoms with Crippen molar-refractivity contribution < 1.29 is 13.2 Å². The van der Waals surface area contributed by atoms with E-state index in [1.807, 2.05) is 0 Å². The molecule has 0 radical (unpaired) electrons. The lowest BCUT2D eigenvalue weighted by Crippen LogP contribution is -2.44. The summed E-state index contributed by atoms with van der Waals surface area (Å²) in [5.74, 6) is 0. The second-order valence-corrected chi connectivity index (χ2v) is 6.51. The van der Waals surface area contributed by atoms with Crippen LogP contribution in [0, 0.1) is 0 Å². The van der Waals surface area contributed by atoms with Crippen LogP contribution in [0.5, 0.6) is 0 Å². The Morgan fingerprint density at radius 1 is 1.28 bits per heavy atom. The molecule has 1 saturated heterocycles. The van der Waals surface area contributed by atoms with E-state index in [2.05, 4.69) is 0 Å². The first-order chi connectivity index (χ1) is 8.57. The zero-order valence-electron chi connectivity index (χ0n) is 9.75. The van der Waals surface area contributed by atoms with E-state index in [9.17, 15) is 13.2 Å². The number of hydrogen-bond acceptors (Lipinski definition) is 3. The number of aldehydes is 1. The highest BCUT2D eigenvalue weighted by Crippen LogP contribution is 2.28. The van der Waals surface area contributed by atoms with Crippen molar-refractivity contribution in [3.63, 3.8) is 0 Å². The predicted octanol–water partition coefficient (Wildman–Crippen LogP) is 2.08. The third-order valence-electron chi connectivity index (χ3n) is 3.08. The Bertz CT molecular complexity index is 544. The average molecular weight is 288 g/mol. The molecule has 6 heteroatoms. The van der Waals surface area contributed by atoms with Crippen molar-refractivity contribution in [1.82, 2.24) is 4.31 Å². The minimum atomic E-state index is -3.68. The predicted molar refractivity (Wildman–Crippen MR) is 69.0 cm³/mol. The van der Waals surface area contributed by atoms with Crippen LogP contribution in [0.1, 0.15) is 19.3 Å². The van der Waals surface area contributed by atoms with Crippen molar-refractivity contribution in [2.24, 2.45) is 0 Å². The first-order valence-electron chi connectivity index (χ1n) is 5.79. The number of rotatable bonds is 3. The molecular formula is C12H14ClNO3S. The van der Waals surface area contributed by atoms with Gasteiger partial charge in [-0.1, -0.05) is 30.2 Å². The van der Waals surface area contributed by atoms with Crippen molar-refractivity contribution >= 4 is 27.9 Å². The number of sulfonamides is 1. The number of nitrogens with zero attached hydrogens (tertiary/aromatic N) is 1. The number of benzene rings is 1. The molecule has 0 bridgehead atoms. The topological polar surface area (TPSA) is 54.5 Å². The van der Waals surface area contributed by atoms with Gasteiger partial charge in [0.25, 0.3) is 0 Å². The summed E-state index contributed by atoms with van der Waals surface area (Å²) in [7, 11) is -3.68. The van der Waals surface area contributed by atoms with Crippen LogP contribution in [0.15, 0.2) is 29.2 Å². The molecule has 0 spiro atoms. The van der Waals surface area contributed by atoms with Gasteiger partial charge in [-0.15, -0.1) is 0 Å². The van der Waals surface area contributed by atoms with Crippen molar-refractivity contribution in [3.05, 3.63) is 29.3 Å². The Morgan fingerprint density at radius 2 is 2.00 bits per heavy atom. The molecule has 98 valence electrons. The van der Waals surface area contributed by atoms with Gasteiger partial charge in [0.2, 0.25) is 10.0 Å². The Morgan fingerprint density at radius 3 is 2.67 bits per heavy atom. The first-order valence-corrected chi connectivity index (χ1v) is 7.61. The fraction of sp³-hybridized carbons (Fsp3) is 0.417. The molecule has 1 fully saturated rings. The highest BCUT2D eigenvalue weighted by molar-refractivity contribution is 7.89. The van der Waals surface area contributed by atoms with Crippen molar-refractivity contribution in [1.29, 1.82) is 0 Å². The molecule has 1 atom stereocenters. The van der Waals surface area contributed by atoms with Gasteiger partial charge in [-0.2, -0.15) is 4.31 Å². The molecule has 18 heavy (non-hydrogen) atoms. The molecule has 0 saturated carbocycles. The second kappa shape index (κ2) is 5.38. The van der Waals surface area contributed by atoms with Crippen molar-refractivity contribution in [2.75, 3.05) is 6.54 Å². The zero-order valence-corrected chi connectivity index (χ0v) is 11.3. The van der Waals surface area contributed by atoms with E-state index in [4.69, 9.17) is 11.6 Å². The molecule has 1 heterocycles. The van der Waals surface area contributed by atoms with Gasteiger partial charge in [-0.25, -0.2) is 8.42 Å². The minimum absolute atomic E-state index is 0.0698. The van der Waals surface area contributed by atoms with Crippen LogP contribution in [-0.2, 0) is 14.8 Å². The van der Waals surface area contributed by atoms with Crippen LogP contribution in [0.3, 0.4) is 0 Å².